The minimum atomic E-state index is 0. The lowest BCUT2D eigenvalue weighted by Crippen LogP contribution is -2.38. The second-order valence-corrected chi connectivity index (χ2v) is 7.61. The van der Waals surface area contributed by atoms with Gasteiger partial charge in [0.15, 0.2) is 5.96 Å². The molecule has 1 saturated heterocycles. The Bertz CT molecular complexity index is 561. The lowest BCUT2D eigenvalue weighted by atomic mass is 10.1. The van der Waals surface area contributed by atoms with Crippen molar-refractivity contribution in [2.45, 2.75) is 39.7 Å². The van der Waals surface area contributed by atoms with Gasteiger partial charge in [-0.15, -0.1) is 24.0 Å². The van der Waals surface area contributed by atoms with Gasteiger partial charge >= 0.3 is 0 Å². The van der Waals surface area contributed by atoms with Gasteiger partial charge in [-0.2, -0.15) is 0 Å². The number of benzene rings is 1. The fourth-order valence-corrected chi connectivity index (χ4v) is 3.50. The van der Waals surface area contributed by atoms with Gasteiger partial charge in [0.05, 0.1) is 0 Å². The largest absolute Gasteiger partial charge is 0.357 e. The van der Waals surface area contributed by atoms with Crippen LogP contribution in [0.2, 0.25) is 0 Å². The van der Waals surface area contributed by atoms with Crippen molar-refractivity contribution in [2.75, 3.05) is 59.9 Å². The van der Waals surface area contributed by atoms with Gasteiger partial charge in [-0.3, -0.25) is 4.99 Å². The summed E-state index contributed by atoms with van der Waals surface area (Å²) in [6, 6.07) is 8.92. The first-order chi connectivity index (χ1) is 13.1. The average Bonchev–Trinajstić information content (AvgIpc) is 2.89. The fourth-order valence-electron chi connectivity index (χ4n) is 3.50. The Morgan fingerprint density at radius 3 is 2.46 bits per heavy atom. The van der Waals surface area contributed by atoms with E-state index >= 15 is 0 Å². The molecule has 0 radical (unpaired) electrons. The molecule has 2 rings (SSSR count). The van der Waals surface area contributed by atoms with E-state index in [1.54, 1.807) is 0 Å². The van der Waals surface area contributed by atoms with Crippen LogP contribution < -0.4 is 5.32 Å². The minimum Gasteiger partial charge on any atom is -0.357 e. The molecule has 0 aliphatic carbocycles. The number of halogens is 1. The van der Waals surface area contributed by atoms with E-state index in [0.29, 0.717) is 0 Å². The maximum absolute atomic E-state index is 4.86. The summed E-state index contributed by atoms with van der Waals surface area (Å²) in [7, 11) is 4.35. The first kappa shape index (κ1) is 25.2. The van der Waals surface area contributed by atoms with Gasteiger partial charge in [-0.05, 0) is 64.0 Å². The smallest absolute Gasteiger partial charge is 0.193 e. The number of guanidine groups is 1. The summed E-state index contributed by atoms with van der Waals surface area (Å²) in [5.41, 5.74) is 2.72. The molecule has 1 aliphatic heterocycles. The highest BCUT2D eigenvalue weighted by molar-refractivity contribution is 14.0. The summed E-state index contributed by atoms with van der Waals surface area (Å²) in [6.07, 6.45) is 3.49. The monoisotopic (exact) mass is 501 g/mol. The van der Waals surface area contributed by atoms with Crippen LogP contribution in [0.3, 0.4) is 0 Å². The van der Waals surface area contributed by atoms with Crippen LogP contribution in [-0.2, 0) is 13.0 Å². The van der Waals surface area contributed by atoms with E-state index in [4.69, 9.17) is 4.99 Å². The number of aryl methyl sites for hydroxylation is 1. The summed E-state index contributed by atoms with van der Waals surface area (Å²) >= 11 is 0. The molecular weight excluding hydrogens is 461 g/mol. The predicted octanol–water partition coefficient (Wildman–Crippen LogP) is 3.29. The molecule has 160 valence electrons. The van der Waals surface area contributed by atoms with E-state index in [1.165, 1.54) is 43.7 Å². The van der Waals surface area contributed by atoms with E-state index in [-0.39, 0.29) is 24.0 Å². The maximum atomic E-state index is 4.86. The Morgan fingerprint density at radius 1 is 1.07 bits per heavy atom. The Balaban J connectivity index is 0.00000392. The highest BCUT2D eigenvalue weighted by atomic mass is 127. The van der Waals surface area contributed by atoms with Gasteiger partial charge in [0.25, 0.3) is 0 Å². The molecule has 0 aromatic heterocycles. The Hall–Kier alpha value is -0.860. The summed E-state index contributed by atoms with van der Waals surface area (Å²) in [4.78, 5) is 12.1. The van der Waals surface area contributed by atoms with Crippen LogP contribution in [0.4, 0.5) is 0 Å². The Morgan fingerprint density at radius 2 is 1.79 bits per heavy atom. The molecule has 1 fully saturated rings. The molecule has 5 nitrogen and oxygen atoms in total. The third kappa shape index (κ3) is 9.09. The van der Waals surface area contributed by atoms with Gasteiger partial charge in [-0.25, -0.2) is 0 Å². The molecule has 6 heteroatoms. The van der Waals surface area contributed by atoms with Crippen molar-refractivity contribution in [1.29, 1.82) is 0 Å². The summed E-state index contributed by atoms with van der Waals surface area (Å²) in [5.74, 6) is 1.01. The summed E-state index contributed by atoms with van der Waals surface area (Å²) < 4.78 is 0. The predicted molar refractivity (Wildman–Crippen MR) is 132 cm³/mol. The first-order valence-electron chi connectivity index (χ1n) is 10.6. The van der Waals surface area contributed by atoms with Gasteiger partial charge in [0.1, 0.15) is 0 Å². The minimum absolute atomic E-state index is 0. The van der Waals surface area contributed by atoms with E-state index < -0.39 is 0 Å². The number of aliphatic imine (C=N–C) groups is 1. The SMILES string of the molecule is CCNC(=NCCCN1CCCN(C)CC1)N(C)Cc1ccc(CC)cc1.I. The molecule has 1 aliphatic rings. The maximum Gasteiger partial charge on any atom is 0.193 e. The van der Waals surface area contributed by atoms with Gasteiger partial charge in [0.2, 0.25) is 0 Å². The number of nitrogens with one attached hydrogen (secondary N) is 1. The van der Waals surface area contributed by atoms with Gasteiger partial charge < -0.3 is 20.0 Å². The number of likely N-dealkylation sites (N-methyl/N-ethyl adjacent to an activating group) is 1. The van der Waals surface area contributed by atoms with Crippen LogP contribution in [0.25, 0.3) is 0 Å². The van der Waals surface area contributed by atoms with Crippen LogP contribution in [0.1, 0.15) is 37.8 Å². The Kier molecular flexibility index (Phi) is 12.7. The standard InChI is InChI=1S/C22H39N5.HI/c1-5-20-9-11-21(12-10-20)19-26(4)22(23-6-2)24-13-7-15-27-16-8-14-25(3)17-18-27;/h9-12H,5-8,13-19H2,1-4H3,(H,23,24);1H. The van der Waals surface area contributed by atoms with Gasteiger partial charge in [-0.1, -0.05) is 31.2 Å². The molecule has 0 spiro atoms. The normalized spacial score (nSPS) is 16.4. The van der Waals surface area contributed by atoms with Crippen molar-refractivity contribution >= 4 is 29.9 Å². The average molecular weight is 502 g/mol. The highest BCUT2D eigenvalue weighted by Gasteiger charge is 2.11. The molecule has 1 heterocycles. The third-order valence-electron chi connectivity index (χ3n) is 5.25. The molecular formula is C22H40IN5. The summed E-state index contributed by atoms with van der Waals surface area (Å²) in [6.45, 7) is 13.0. The van der Waals surface area contributed by atoms with E-state index in [1.807, 2.05) is 0 Å². The van der Waals surface area contributed by atoms with Crippen molar-refractivity contribution in [3.8, 4) is 0 Å². The molecule has 1 aromatic carbocycles. The van der Waals surface area contributed by atoms with Crippen LogP contribution in [0.5, 0.6) is 0 Å². The third-order valence-corrected chi connectivity index (χ3v) is 5.25. The molecule has 1 N–H and O–H groups in total. The first-order valence-corrected chi connectivity index (χ1v) is 10.6. The van der Waals surface area contributed by atoms with E-state index in [2.05, 4.69) is 72.2 Å². The molecule has 28 heavy (non-hydrogen) atoms. The van der Waals surface area contributed by atoms with Crippen LogP contribution in [-0.4, -0.2) is 80.6 Å². The van der Waals surface area contributed by atoms with Crippen LogP contribution in [0, 0.1) is 0 Å². The second kappa shape index (κ2) is 14.2. The lowest BCUT2D eigenvalue weighted by Gasteiger charge is -2.23. The number of rotatable bonds is 8. The van der Waals surface area contributed by atoms with Crippen molar-refractivity contribution in [1.82, 2.24) is 20.0 Å². The van der Waals surface area contributed by atoms with Crippen LogP contribution in [0.15, 0.2) is 29.3 Å². The highest BCUT2D eigenvalue weighted by Crippen LogP contribution is 2.08. The Labute approximate surface area is 189 Å². The van der Waals surface area contributed by atoms with Crippen molar-refractivity contribution in [3.63, 3.8) is 0 Å². The topological polar surface area (TPSA) is 34.1 Å². The number of nitrogens with zero attached hydrogens (tertiary/aromatic N) is 4. The van der Waals surface area contributed by atoms with Crippen LogP contribution >= 0.6 is 24.0 Å². The molecule has 1 aromatic rings. The molecule has 0 atom stereocenters. The zero-order chi connectivity index (χ0) is 19.5. The molecule has 0 saturated carbocycles. The van der Waals surface area contributed by atoms with E-state index in [9.17, 15) is 0 Å². The zero-order valence-electron chi connectivity index (χ0n) is 18.3. The second-order valence-electron chi connectivity index (χ2n) is 7.61. The number of hydrogen-bond donors (Lipinski definition) is 1. The molecule has 0 amide bonds. The molecule has 0 unspecified atom stereocenters. The van der Waals surface area contributed by atoms with Crippen molar-refractivity contribution in [3.05, 3.63) is 35.4 Å². The zero-order valence-corrected chi connectivity index (χ0v) is 20.6. The molecule has 0 bridgehead atoms. The lowest BCUT2D eigenvalue weighted by molar-refractivity contribution is 0.275. The van der Waals surface area contributed by atoms with E-state index in [0.717, 1.165) is 45.0 Å². The quantitative estimate of drug-likeness (QED) is 0.257. The van der Waals surface area contributed by atoms with Crippen molar-refractivity contribution < 1.29 is 0 Å². The van der Waals surface area contributed by atoms with Gasteiger partial charge in [0, 0.05) is 39.8 Å². The van der Waals surface area contributed by atoms with Crippen molar-refractivity contribution in [2.24, 2.45) is 4.99 Å². The summed E-state index contributed by atoms with van der Waals surface area (Å²) in [5, 5.41) is 3.44. The fraction of sp³-hybridized carbons (Fsp3) is 0.682. The number of hydrogen-bond acceptors (Lipinski definition) is 3.